The second-order valence-electron chi connectivity index (χ2n) is 7.55. The summed E-state index contributed by atoms with van der Waals surface area (Å²) in [5, 5.41) is 3.36. The van der Waals surface area contributed by atoms with E-state index in [1.165, 1.54) is 0 Å². The first-order valence-corrected chi connectivity index (χ1v) is 9.22. The predicted octanol–water partition coefficient (Wildman–Crippen LogP) is 1.10. The van der Waals surface area contributed by atoms with Gasteiger partial charge in [0.05, 0.1) is 5.92 Å². The van der Waals surface area contributed by atoms with Gasteiger partial charge in [-0.2, -0.15) is 0 Å². The fourth-order valence-electron chi connectivity index (χ4n) is 2.92. The minimum Gasteiger partial charge on any atom is -0.486 e. The topological polar surface area (TPSA) is 91.9 Å². The van der Waals surface area contributed by atoms with Crippen LogP contribution in [0.25, 0.3) is 0 Å². The third-order valence-electron chi connectivity index (χ3n) is 4.12. The highest BCUT2D eigenvalue weighted by molar-refractivity contribution is 7.80. The molecule has 0 aromatic heterocycles. The molecule has 1 saturated heterocycles. The second kappa shape index (κ2) is 7.59. The number of rotatable bonds is 2. The van der Waals surface area contributed by atoms with Gasteiger partial charge in [0.25, 0.3) is 0 Å². The Morgan fingerprint density at radius 3 is 2.59 bits per heavy atom. The van der Waals surface area contributed by atoms with Gasteiger partial charge in [-0.1, -0.05) is 0 Å². The van der Waals surface area contributed by atoms with Crippen molar-refractivity contribution in [2.75, 3.05) is 24.7 Å². The first kappa shape index (κ1) is 19.2. The van der Waals surface area contributed by atoms with E-state index in [-0.39, 0.29) is 23.8 Å². The molecule has 3 rings (SSSR count). The molecule has 0 saturated carbocycles. The minimum atomic E-state index is -0.462. The number of benzene rings is 1. The Hall–Kier alpha value is -2.55. The van der Waals surface area contributed by atoms with E-state index in [1.54, 1.807) is 23.1 Å². The first-order valence-electron chi connectivity index (χ1n) is 8.81. The molecule has 27 heavy (non-hydrogen) atoms. The van der Waals surface area contributed by atoms with Gasteiger partial charge in [0.15, 0.2) is 16.6 Å². The molecule has 2 aliphatic rings. The van der Waals surface area contributed by atoms with Crippen molar-refractivity contribution in [2.24, 2.45) is 5.92 Å². The van der Waals surface area contributed by atoms with Crippen LogP contribution < -0.4 is 30.5 Å². The van der Waals surface area contributed by atoms with E-state index >= 15 is 0 Å². The van der Waals surface area contributed by atoms with Crippen molar-refractivity contribution in [1.82, 2.24) is 16.2 Å². The zero-order valence-electron chi connectivity index (χ0n) is 15.6. The van der Waals surface area contributed by atoms with E-state index in [0.717, 1.165) is 0 Å². The lowest BCUT2D eigenvalue weighted by Gasteiger charge is -2.23. The zero-order chi connectivity index (χ0) is 19.6. The summed E-state index contributed by atoms with van der Waals surface area (Å²) in [7, 11) is 0. The molecule has 0 aliphatic carbocycles. The third-order valence-corrected chi connectivity index (χ3v) is 4.33. The number of hydrazine groups is 1. The largest absolute Gasteiger partial charge is 0.486 e. The van der Waals surface area contributed by atoms with Crippen molar-refractivity contribution in [1.29, 1.82) is 0 Å². The molecule has 2 heterocycles. The number of amides is 2. The Morgan fingerprint density at radius 2 is 1.89 bits per heavy atom. The molecule has 1 atom stereocenters. The molecule has 1 aromatic carbocycles. The zero-order valence-corrected chi connectivity index (χ0v) is 16.4. The van der Waals surface area contributed by atoms with Gasteiger partial charge in [0.2, 0.25) is 11.8 Å². The lowest BCUT2D eigenvalue weighted by Crippen LogP contribution is -2.53. The summed E-state index contributed by atoms with van der Waals surface area (Å²) in [6.45, 7) is 7.17. The SMILES string of the molecule is CC(C)(C)NC(=S)NNC(=O)[C@@H]1CC(=O)N(c2ccc3c(c2)OCCO3)C1. The maximum atomic E-state index is 12.4. The Bertz CT molecular complexity index is 762. The summed E-state index contributed by atoms with van der Waals surface area (Å²) in [4.78, 5) is 26.4. The fraction of sp³-hybridized carbons (Fsp3) is 0.500. The van der Waals surface area contributed by atoms with Crippen LogP contribution in [0, 0.1) is 5.92 Å². The first-order chi connectivity index (χ1) is 12.7. The van der Waals surface area contributed by atoms with Crippen LogP contribution >= 0.6 is 12.2 Å². The summed E-state index contributed by atoms with van der Waals surface area (Å²) in [5.74, 6) is 0.425. The lowest BCUT2D eigenvalue weighted by atomic mass is 10.1. The molecule has 1 aromatic rings. The van der Waals surface area contributed by atoms with Crippen LogP contribution in [0.3, 0.4) is 0 Å². The number of anilines is 1. The molecule has 9 heteroatoms. The van der Waals surface area contributed by atoms with Crippen LogP contribution in [0.2, 0.25) is 0 Å². The Morgan fingerprint density at radius 1 is 1.19 bits per heavy atom. The molecule has 0 bridgehead atoms. The van der Waals surface area contributed by atoms with Crippen molar-refractivity contribution in [3.63, 3.8) is 0 Å². The molecule has 0 spiro atoms. The molecule has 1 fully saturated rings. The van der Waals surface area contributed by atoms with Gasteiger partial charge in [-0.05, 0) is 45.1 Å². The summed E-state index contributed by atoms with van der Waals surface area (Å²) in [5.41, 5.74) is 5.73. The van der Waals surface area contributed by atoms with Gasteiger partial charge in [-0.3, -0.25) is 20.4 Å². The quantitative estimate of drug-likeness (QED) is 0.513. The van der Waals surface area contributed by atoms with Gasteiger partial charge in [0, 0.05) is 30.3 Å². The van der Waals surface area contributed by atoms with Crippen molar-refractivity contribution >= 4 is 34.8 Å². The summed E-state index contributed by atoms with van der Waals surface area (Å²) in [6, 6.07) is 5.35. The average Bonchev–Trinajstić information content (AvgIpc) is 2.99. The van der Waals surface area contributed by atoms with Crippen molar-refractivity contribution < 1.29 is 19.1 Å². The lowest BCUT2D eigenvalue weighted by molar-refractivity contribution is -0.126. The Balaban J connectivity index is 1.58. The van der Waals surface area contributed by atoms with Crippen molar-refractivity contribution in [3.8, 4) is 11.5 Å². The number of carbonyl (C=O) groups excluding carboxylic acids is 2. The molecular weight excluding hydrogens is 368 g/mol. The van der Waals surface area contributed by atoms with Gasteiger partial charge in [-0.25, -0.2) is 0 Å². The number of nitrogens with zero attached hydrogens (tertiary/aromatic N) is 1. The standard InChI is InChI=1S/C18H24N4O4S/c1-18(2,3)19-17(27)21-20-16(24)11-8-15(23)22(10-11)12-4-5-13-14(9-12)26-7-6-25-13/h4-5,9,11H,6-8,10H2,1-3H3,(H,20,24)(H2,19,21,27)/t11-/m1/s1. The van der Waals surface area contributed by atoms with E-state index in [2.05, 4.69) is 16.2 Å². The molecule has 3 N–H and O–H groups in total. The number of thiocarbonyl (C=S) groups is 1. The van der Waals surface area contributed by atoms with E-state index in [9.17, 15) is 9.59 Å². The highest BCUT2D eigenvalue weighted by Crippen LogP contribution is 2.35. The molecule has 0 radical (unpaired) electrons. The Labute approximate surface area is 163 Å². The third kappa shape index (κ3) is 4.79. The monoisotopic (exact) mass is 392 g/mol. The molecule has 2 amide bonds. The van der Waals surface area contributed by atoms with Gasteiger partial charge in [-0.15, -0.1) is 0 Å². The van der Waals surface area contributed by atoms with Gasteiger partial charge < -0.3 is 19.7 Å². The number of ether oxygens (including phenoxy) is 2. The highest BCUT2D eigenvalue weighted by Gasteiger charge is 2.35. The van der Waals surface area contributed by atoms with Crippen LogP contribution in [0.1, 0.15) is 27.2 Å². The van der Waals surface area contributed by atoms with Crippen molar-refractivity contribution in [3.05, 3.63) is 18.2 Å². The number of fused-ring (bicyclic) bond motifs is 1. The molecule has 2 aliphatic heterocycles. The van der Waals surface area contributed by atoms with Gasteiger partial charge in [0.1, 0.15) is 13.2 Å². The van der Waals surface area contributed by atoms with Crippen LogP contribution in [0.15, 0.2) is 18.2 Å². The van der Waals surface area contributed by atoms with Crippen LogP contribution in [0.4, 0.5) is 5.69 Å². The second-order valence-corrected chi connectivity index (χ2v) is 7.96. The molecule has 146 valence electrons. The van der Waals surface area contributed by atoms with E-state index in [0.29, 0.717) is 42.1 Å². The van der Waals surface area contributed by atoms with E-state index in [4.69, 9.17) is 21.7 Å². The normalized spacial score (nSPS) is 18.9. The maximum Gasteiger partial charge on any atom is 0.243 e. The number of hydrogen-bond donors (Lipinski definition) is 3. The minimum absolute atomic E-state index is 0.109. The van der Waals surface area contributed by atoms with Crippen LogP contribution in [-0.4, -0.2) is 42.2 Å². The average molecular weight is 392 g/mol. The smallest absolute Gasteiger partial charge is 0.243 e. The number of hydrogen-bond acceptors (Lipinski definition) is 5. The summed E-state index contributed by atoms with van der Waals surface area (Å²) in [6.07, 6.45) is 0.140. The fourth-order valence-corrected chi connectivity index (χ4v) is 3.28. The molecule has 0 unspecified atom stereocenters. The van der Waals surface area contributed by atoms with Gasteiger partial charge >= 0.3 is 0 Å². The Kier molecular flexibility index (Phi) is 5.41. The van der Waals surface area contributed by atoms with Crippen molar-refractivity contribution in [2.45, 2.75) is 32.7 Å². The van der Waals surface area contributed by atoms with Crippen LogP contribution in [-0.2, 0) is 9.59 Å². The molecular formula is C18H24N4O4S. The summed E-state index contributed by atoms with van der Waals surface area (Å²) < 4.78 is 11.1. The van der Waals surface area contributed by atoms with E-state index in [1.807, 2.05) is 20.8 Å². The predicted molar refractivity (Wildman–Crippen MR) is 105 cm³/mol. The summed E-state index contributed by atoms with van der Waals surface area (Å²) >= 11 is 5.13. The highest BCUT2D eigenvalue weighted by atomic mass is 32.1. The van der Waals surface area contributed by atoms with Crippen LogP contribution in [0.5, 0.6) is 11.5 Å². The van der Waals surface area contributed by atoms with E-state index < -0.39 is 5.92 Å². The number of carbonyl (C=O) groups is 2. The number of nitrogens with one attached hydrogen (secondary N) is 3. The maximum absolute atomic E-state index is 12.4. The molecule has 8 nitrogen and oxygen atoms in total.